The first-order chi connectivity index (χ1) is 5.13. The van der Waals surface area contributed by atoms with Crippen LogP contribution in [-0.2, 0) is 19.3 Å². The van der Waals surface area contributed by atoms with Crippen molar-refractivity contribution in [3.63, 3.8) is 0 Å². The van der Waals surface area contributed by atoms with Crippen LogP contribution in [0, 0.1) is 0 Å². The van der Waals surface area contributed by atoms with Gasteiger partial charge in [0.2, 0.25) is 0 Å². The van der Waals surface area contributed by atoms with E-state index in [1.807, 2.05) is 0 Å². The van der Waals surface area contributed by atoms with Gasteiger partial charge in [0.25, 0.3) is 0 Å². The molecular weight excluding hydrogens is 155 g/mol. The molecule has 2 N–H and O–H groups in total. The van der Waals surface area contributed by atoms with E-state index in [-0.39, 0.29) is 0 Å². The maximum Gasteiger partial charge on any atom is 0.362 e. The van der Waals surface area contributed by atoms with Gasteiger partial charge in [0, 0.05) is 0 Å². The fraction of sp³-hybridized carbons (Fsp3) is 0.500. The van der Waals surface area contributed by atoms with Gasteiger partial charge in [-0.15, -0.1) is 0 Å². The van der Waals surface area contributed by atoms with Gasteiger partial charge in [-0.05, 0) is 0 Å². The van der Waals surface area contributed by atoms with E-state index in [1.54, 1.807) is 0 Å². The molecule has 1 heterocycles. The maximum atomic E-state index is 10.3. The van der Waals surface area contributed by atoms with E-state index in [2.05, 4.69) is 9.69 Å². The van der Waals surface area contributed by atoms with Crippen molar-refractivity contribution in [2.45, 2.75) is 11.9 Å². The zero-order valence-corrected chi connectivity index (χ0v) is 5.26. The normalized spacial score (nSPS) is 29.5. The summed E-state index contributed by atoms with van der Waals surface area (Å²) in [5.41, 5.74) is 0. The van der Waals surface area contributed by atoms with Crippen molar-refractivity contribution in [2.24, 2.45) is 0 Å². The van der Waals surface area contributed by atoms with Crippen molar-refractivity contribution < 1.29 is 29.5 Å². The molecule has 1 radical (unpaired) electrons. The summed E-state index contributed by atoms with van der Waals surface area (Å²) >= 11 is 0. The third-order valence-corrected chi connectivity index (χ3v) is 1.22. The summed E-state index contributed by atoms with van der Waals surface area (Å²) in [7, 11) is 0.834. The van der Waals surface area contributed by atoms with E-state index in [9.17, 15) is 9.59 Å². The van der Waals surface area contributed by atoms with Gasteiger partial charge in [0.15, 0.2) is 6.10 Å². The smallest absolute Gasteiger partial charge is 0.362 e. The minimum absolute atomic E-state index is 0.834. The van der Waals surface area contributed by atoms with Crippen LogP contribution in [-0.4, -0.2) is 35.7 Å². The summed E-state index contributed by atoms with van der Waals surface area (Å²) in [5.74, 6) is -3.87. The van der Waals surface area contributed by atoms with Gasteiger partial charge in [-0.3, -0.25) is 4.79 Å². The van der Waals surface area contributed by atoms with Crippen molar-refractivity contribution >= 4 is 19.4 Å². The molecular formula is C4H4BO6. The summed E-state index contributed by atoms with van der Waals surface area (Å²) in [5, 5.41) is 16.7. The lowest BCUT2D eigenvalue weighted by molar-refractivity contribution is -0.227. The lowest BCUT2D eigenvalue weighted by Crippen LogP contribution is -2.28. The second-order valence-electron chi connectivity index (χ2n) is 1.95. The van der Waals surface area contributed by atoms with Gasteiger partial charge in [-0.25, -0.2) is 9.68 Å². The quantitative estimate of drug-likeness (QED) is 0.392. The third kappa shape index (κ3) is 1.49. The highest BCUT2D eigenvalue weighted by molar-refractivity contribution is 6.38. The number of carboxylic acid groups (broad SMARTS) is 2. The van der Waals surface area contributed by atoms with Crippen LogP contribution in [0.1, 0.15) is 0 Å². The van der Waals surface area contributed by atoms with Gasteiger partial charge in [0.1, 0.15) is 5.82 Å². The lowest BCUT2D eigenvalue weighted by Gasteiger charge is -2.04. The summed E-state index contributed by atoms with van der Waals surface area (Å²) in [4.78, 5) is 28.7. The molecule has 0 aromatic heterocycles. The zero-order chi connectivity index (χ0) is 8.43. The van der Waals surface area contributed by atoms with E-state index in [0.717, 1.165) is 7.48 Å². The van der Waals surface area contributed by atoms with Gasteiger partial charge in [0.05, 0.1) is 0 Å². The Morgan fingerprint density at radius 3 is 2.27 bits per heavy atom. The van der Waals surface area contributed by atoms with Gasteiger partial charge >= 0.3 is 19.4 Å². The van der Waals surface area contributed by atoms with Crippen LogP contribution >= 0.6 is 0 Å². The topological polar surface area (TPSA) is 93.1 Å². The Morgan fingerprint density at radius 1 is 1.27 bits per heavy atom. The molecule has 0 amide bonds. The molecule has 0 aromatic carbocycles. The minimum Gasteiger partial charge on any atom is -0.481 e. The van der Waals surface area contributed by atoms with Crippen molar-refractivity contribution in [1.29, 1.82) is 0 Å². The molecule has 59 valence electrons. The van der Waals surface area contributed by atoms with Gasteiger partial charge in [-0.1, -0.05) is 0 Å². The second kappa shape index (κ2) is 2.89. The molecule has 0 saturated carbocycles. The summed E-state index contributed by atoms with van der Waals surface area (Å²) in [6.07, 6.45) is -1.44. The Hall–Kier alpha value is -1.08. The first-order valence-electron chi connectivity index (χ1n) is 2.74. The predicted molar refractivity (Wildman–Crippen MR) is 30.7 cm³/mol. The third-order valence-electron chi connectivity index (χ3n) is 1.22. The first kappa shape index (κ1) is 8.03. The number of hydrogen-bond donors (Lipinski definition) is 2. The fourth-order valence-electron chi connectivity index (χ4n) is 0.665. The van der Waals surface area contributed by atoms with Crippen LogP contribution in [0.2, 0.25) is 5.82 Å². The average Bonchev–Trinajstić information content (AvgIpc) is 2.32. The van der Waals surface area contributed by atoms with Gasteiger partial charge < -0.3 is 15.0 Å². The summed E-state index contributed by atoms with van der Waals surface area (Å²) in [6.45, 7) is 0. The highest BCUT2D eigenvalue weighted by Crippen LogP contribution is 2.21. The molecule has 1 rings (SSSR count). The van der Waals surface area contributed by atoms with Crippen LogP contribution in [0.3, 0.4) is 0 Å². The number of hydrogen-bond acceptors (Lipinski definition) is 4. The molecule has 0 aromatic rings. The van der Waals surface area contributed by atoms with E-state index in [4.69, 9.17) is 10.2 Å². The number of carbonyl (C=O) groups is 2. The fourth-order valence-corrected chi connectivity index (χ4v) is 0.665. The summed E-state index contributed by atoms with van der Waals surface area (Å²) < 4.78 is 0. The van der Waals surface area contributed by atoms with E-state index >= 15 is 0 Å². The molecule has 2 atom stereocenters. The molecule has 6 nitrogen and oxygen atoms in total. The first-order valence-corrected chi connectivity index (χ1v) is 2.74. The van der Waals surface area contributed by atoms with Crippen molar-refractivity contribution in [1.82, 2.24) is 0 Å². The Kier molecular flexibility index (Phi) is 2.11. The highest BCUT2D eigenvalue weighted by atomic mass is 17.2. The Labute approximate surface area is 61.9 Å². The van der Waals surface area contributed by atoms with Gasteiger partial charge in [-0.2, -0.15) is 0 Å². The van der Waals surface area contributed by atoms with E-state index in [0.29, 0.717) is 0 Å². The van der Waals surface area contributed by atoms with Crippen LogP contribution in [0.4, 0.5) is 0 Å². The van der Waals surface area contributed by atoms with E-state index < -0.39 is 23.9 Å². The largest absolute Gasteiger partial charge is 0.481 e. The van der Waals surface area contributed by atoms with Crippen LogP contribution < -0.4 is 0 Å². The van der Waals surface area contributed by atoms with Crippen LogP contribution in [0.5, 0.6) is 0 Å². The lowest BCUT2D eigenvalue weighted by atomic mass is 9.77. The predicted octanol–water partition coefficient (Wildman–Crippen LogP) is -1.11. The molecule has 0 aliphatic carbocycles. The van der Waals surface area contributed by atoms with Crippen LogP contribution in [0.15, 0.2) is 0 Å². The minimum atomic E-state index is -1.44. The SMILES string of the molecule is O=C(O)C1[B]OOC1C(=O)O. The molecule has 1 fully saturated rings. The van der Waals surface area contributed by atoms with Crippen molar-refractivity contribution in [3.8, 4) is 0 Å². The second-order valence-corrected chi connectivity index (χ2v) is 1.95. The van der Waals surface area contributed by atoms with Crippen molar-refractivity contribution in [2.75, 3.05) is 0 Å². The summed E-state index contributed by atoms with van der Waals surface area (Å²) in [6, 6.07) is 0. The van der Waals surface area contributed by atoms with E-state index in [1.165, 1.54) is 0 Å². The monoisotopic (exact) mass is 159 g/mol. The zero-order valence-electron chi connectivity index (χ0n) is 5.26. The number of aliphatic carboxylic acids is 2. The Balaban J connectivity index is 2.65. The number of rotatable bonds is 2. The standard InChI is InChI=1S/C4H4BO6/c6-3(7)1-2(4(8)9)10-11-5-1/h1-2H,(H,6,7)(H,8,9). The highest BCUT2D eigenvalue weighted by Gasteiger charge is 2.42. The number of carboxylic acids is 2. The molecule has 11 heavy (non-hydrogen) atoms. The van der Waals surface area contributed by atoms with Crippen LogP contribution in [0.25, 0.3) is 0 Å². The molecule has 1 aliphatic heterocycles. The van der Waals surface area contributed by atoms with Crippen molar-refractivity contribution in [3.05, 3.63) is 0 Å². The molecule has 0 spiro atoms. The molecule has 1 saturated heterocycles. The molecule has 2 unspecified atom stereocenters. The molecule has 0 bridgehead atoms. The molecule has 7 heteroatoms. The Bertz CT molecular complexity index is 171. The Morgan fingerprint density at radius 2 is 1.91 bits per heavy atom. The average molecular weight is 159 g/mol. The molecule has 1 aliphatic rings. The maximum absolute atomic E-state index is 10.3.